The zero-order valence-electron chi connectivity index (χ0n) is 10.3. The molecule has 1 rings (SSSR count). The number of benzene rings is 1. The van der Waals surface area contributed by atoms with Gasteiger partial charge in [0.05, 0.1) is 6.42 Å². The highest BCUT2D eigenvalue weighted by Gasteiger charge is 2.11. The van der Waals surface area contributed by atoms with Gasteiger partial charge >= 0.3 is 0 Å². The van der Waals surface area contributed by atoms with Crippen LogP contribution >= 0.6 is 11.8 Å². The number of carbonyl (C=O) groups is 1. The molecular formula is C13H19NO2S. The van der Waals surface area contributed by atoms with E-state index in [0.717, 1.165) is 12.2 Å². The predicted octanol–water partition coefficient (Wildman–Crippen LogP) is 2.19. The summed E-state index contributed by atoms with van der Waals surface area (Å²) in [5.41, 5.74) is 0.670. The molecule has 0 radical (unpaired) electrons. The van der Waals surface area contributed by atoms with Gasteiger partial charge in [-0.15, -0.1) is 0 Å². The molecule has 0 saturated carbocycles. The molecule has 1 aromatic rings. The standard InChI is InChI=1S/C13H19NO2S/c1-3-11(9-17-2)14-13(16)8-10-6-4-5-7-12(10)15/h4-7,11,15H,3,8-9H2,1-2H3,(H,14,16). The summed E-state index contributed by atoms with van der Waals surface area (Å²) in [6, 6.07) is 7.15. The smallest absolute Gasteiger partial charge is 0.224 e. The topological polar surface area (TPSA) is 49.3 Å². The molecule has 0 heterocycles. The van der Waals surface area contributed by atoms with Gasteiger partial charge < -0.3 is 10.4 Å². The third kappa shape index (κ3) is 4.69. The molecule has 0 bridgehead atoms. The van der Waals surface area contributed by atoms with Crippen molar-refractivity contribution in [1.82, 2.24) is 5.32 Å². The second-order valence-corrected chi connectivity index (χ2v) is 4.84. The number of nitrogens with one attached hydrogen (secondary N) is 1. The Morgan fingerprint density at radius 3 is 2.76 bits per heavy atom. The van der Waals surface area contributed by atoms with Crippen LogP contribution in [0.4, 0.5) is 0 Å². The van der Waals surface area contributed by atoms with Crippen LogP contribution in [0.3, 0.4) is 0 Å². The second-order valence-electron chi connectivity index (χ2n) is 3.93. The van der Waals surface area contributed by atoms with E-state index in [0.29, 0.717) is 5.56 Å². The summed E-state index contributed by atoms with van der Waals surface area (Å²) in [5.74, 6) is 1.07. The summed E-state index contributed by atoms with van der Waals surface area (Å²) in [4.78, 5) is 11.8. The first-order valence-corrected chi connectivity index (χ1v) is 7.12. The van der Waals surface area contributed by atoms with E-state index in [-0.39, 0.29) is 24.1 Å². The van der Waals surface area contributed by atoms with Crippen LogP contribution in [0.5, 0.6) is 5.75 Å². The van der Waals surface area contributed by atoms with Crippen molar-refractivity contribution in [1.29, 1.82) is 0 Å². The maximum atomic E-state index is 11.8. The maximum absolute atomic E-state index is 11.8. The van der Waals surface area contributed by atoms with Crippen LogP contribution in [-0.4, -0.2) is 29.1 Å². The Balaban J connectivity index is 2.52. The molecule has 0 aliphatic heterocycles. The first-order chi connectivity index (χ1) is 8.17. The highest BCUT2D eigenvalue weighted by molar-refractivity contribution is 7.98. The lowest BCUT2D eigenvalue weighted by atomic mass is 10.1. The molecule has 0 fully saturated rings. The predicted molar refractivity (Wildman–Crippen MR) is 72.4 cm³/mol. The number of amides is 1. The Morgan fingerprint density at radius 1 is 1.47 bits per heavy atom. The van der Waals surface area contributed by atoms with E-state index in [1.165, 1.54) is 0 Å². The van der Waals surface area contributed by atoms with Crippen molar-refractivity contribution in [2.45, 2.75) is 25.8 Å². The average molecular weight is 253 g/mol. The molecule has 0 aliphatic rings. The number of phenolic OH excluding ortho intramolecular Hbond substituents is 1. The highest BCUT2D eigenvalue weighted by atomic mass is 32.2. The van der Waals surface area contributed by atoms with Crippen LogP contribution in [0.2, 0.25) is 0 Å². The summed E-state index contributed by atoms with van der Waals surface area (Å²) in [5, 5.41) is 12.5. The minimum absolute atomic E-state index is 0.0348. The number of thioether (sulfide) groups is 1. The fourth-order valence-electron chi connectivity index (χ4n) is 1.57. The van der Waals surface area contributed by atoms with Gasteiger partial charge in [-0.1, -0.05) is 25.1 Å². The van der Waals surface area contributed by atoms with Gasteiger partial charge in [0.1, 0.15) is 5.75 Å². The zero-order chi connectivity index (χ0) is 12.7. The number of aromatic hydroxyl groups is 1. The first-order valence-electron chi connectivity index (χ1n) is 5.72. The number of hydrogen-bond acceptors (Lipinski definition) is 3. The number of hydrogen-bond donors (Lipinski definition) is 2. The molecule has 0 saturated heterocycles. The van der Waals surface area contributed by atoms with E-state index in [2.05, 4.69) is 12.2 Å². The summed E-state index contributed by atoms with van der Waals surface area (Å²) >= 11 is 1.72. The fourth-order valence-corrected chi connectivity index (χ4v) is 2.30. The van der Waals surface area contributed by atoms with Crippen molar-refractivity contribution >= 4 is 17.7 Å². The monoisotopic (exact) mass is 253 g/mol. The van der Waals surface area contributed by atoms with Crippen LogP contribution in [0.25, 0.3) is 0 Å². The number of rotatable bonds is 6. The van der Waals surface area contributed by atoms with Crippen molar-refractivity contribution in [3.05, 3.63) is 29.8 Å². The van der Waals surface area contributed by atoms with Crippen molar-refractivity contribution in [3.8, 4) is 5.75 Å². The lowest BCUT2D eigenvalue weighted by Gasteiger charge is -2.15. The Hall–Kier alpha value is -1.16. The normalized spacial score (nSPS) is 12.1. The molecule has 2 N–H and O–H groups in total. The summed E-state index contributed by atoms with van der Waals surface area (Å²) in [6.07, 6.45) is 3.18. The molecule has 4 heteroatoms. The Bertz CT molecular complexity index is 368. The van der Waals surface area contributed by atoms with Gasteiger partial charge in [-0.25, -0.2) is 0 Å². The second kappa shape index (κ2) is 7.22. The van der Waals surface area contributed by atoms with Gasteiger partial charge in [-0.2, -0.15) is 11.8 Å². The number of carbonyl (C=O) groups excluding carboxylic acids is 1. The van der Waals surface area contributed by atoms with E-state index in [4.69, 9.17) is 0 Å². The number of phenols is 1. The molecular weight excluding hydrogens is 234 g/mol. The SMILES string of the molecule is CCC(CSC)NC(=O)Cc1ccccc1O. The van der Waals surface area contributed by atoms with Gasteiger partial charge in [-0.3, -0.25) is 4.79 Å². The van der Waals surface area contributed by atoms with Crippen molar-refractivity contribution in [2.24, 2.45) is 0 Å². The molecule has 1 amide bonds. The molecule has 1 unspecified atom stereocenters. The van der Waals surface area contributed by atoms with E-state index >= 15 is 0 Å². The molecule has 0 spiro atoms. The molecule has 3 nitrogen and oxygen atoms in total. The van der Waals surface area contributed by atoms with Gasteiger partial charge in [0.15, 0.2) is 0 Å². The van der Waals surface area contributed by atoms with Gasteiger partial charge in [0, 0.05) is 17.4 Å². The van der Waals surface area contributed by atoms with E-state index < -0.39 is 0 Å². The van der Waals surface area contributed by atoms with Crippen LogP contribution in [0.15, 0.2) is 24.3 Å². The third-order valence-electron chi connectivity index (χ3n) is 2.57. The minimum atomic E-state index is -0.0348. The zero-order valence-corrected chi connectivity index (χ0v) is 11.1. The maximum Gasteiger partial charge on any atom is 0.224 e. The summed E-state index contributed by atoms with van der Waals surface area (Å²) in [6.45, 7) is 2.06. The van der Waals surface area contributed by atoms with Gasteiger partial charge in [0.25, 0.3) is 0 Å². The van der Waals surface area contributed by atoms with Gasteiger partial charge in [-0.05, 0) is 18.7 Å². The quantitative estimate of drug-likeness (QED) is 0.817. The largest absolute Gasteiger partial charge is 0.508 e. The average Bonchev–Trinajstić information content (AvgIpc) is 2.31. The van der Waals surface area contributed by atoms with Crippen LogP contribution in [-0.2, 0) is 11.2 Å². The lowest BCUT2D eigenvalue weighted by molar-refractivity contribution is -0.121. The summed E-state index contributed by atoms with van der Waals surface area (Å²) < 4.78 is 0. The molecule has 17 heavy (non-hydrogen) atoms. The van der Waals surface area contributed by atoms with Crippen molar-refractivity contribution in [3.63, 3.8) is 0 Å². The van der Waals surface area contributed by atoms with Crippen LogP contribution in [0.1, 0.15) is 18.9 Å². The molecule has 1 aromatic carbocycles. The molecule has 0 aliphatic carbocycles. The van der Waals surface area contributed by atoms with Gasteiger partial charge in [0.2, 0.25) is 5.91 Å². The fraction of sp³-hybridized carbons (Fsp3) is 0.462. The van der Waals surface area contributed by atoms with E-state index in [9.17, 15) is 9.90 Å². The first kappa shape index (κ1) is 13.9. The Kier molecular flexibility index (Phi) is 5.91. The van der Waals surface area contributed by atoms with Crippen molar-refractivity contribution in [2.75, 3.05) is 12.0 Å². The molecule has 1 atom stereocenters. The van der Waals surface area contributed by atoms with Crippen LogP contribution in [0, 0.1) is 0 Å². The highest BCUT2D eigenvalue weighted by Crippen LogP contribution is 2.16. The Labute approximate surface area is 107 Å². The van der Waals surface area contributed by atoms with Crippen LogP contribution < -0.4 is 5.32 Å². The van der Waals surface area contributed by atoms with E-state index in [1.54, 1.807) is 30.0 Å². The number of para-hydroxylation sites is 1. The van der Waals surface area contributed by atoms with Crippen molar-refractivity contribution < 1.29 is 9.90 Å². The third-order valence-corrected chi connectivity index (χ3v) is 3.30. The summed E-state index contributed by atoms with van der Waals surface area (Å²) in [7, 11) is 0. The van der Waals surface area contributed by atoms with E-state index in [1.807, 2.05) is 12.3 Å². The molecule has 94 valence electrons. The minimum Gasteiger partial charge on any atom is -0.508 e. The molecule has 0 aromatic heterocycles. The Morgan fingerprint density at radius 2 is 2.18 bits per heavy atom. The lowest BCUT2D eigenvalue weighted by Crippen LogP contribution is -2.37.